The van der Waals surface area contributed by atoms with Crippen LogP contribution >= 0.6 is 0 Å². The van der Waals surface area contributed by atoms with E-state index in [0.717, 1.165) is 30.0 Å². The molecule has 0 aliphatic heterocycles. The van der Waals surface area contributed by atoms with Gasteiger partial charge in [-0.1, -0.05) is 6.92 Å². The van der Waals surface area contributed by atoms with Crippen LogP contribution < -0.4 is 14.8 Å². The summed E-state index contributed by atoms with van der Waals surface area (Å²) < 4.78 is 11.3. The predicted octanol–water partition coefficient (Wildman–Crippen LogP) is 3.76. The second-order valence-electron chi connectivity index (χ2n) is 5.91. The molecule has 108 valence electrons. The molecule has 1 rings (SSSR count). The molecule has 1 atom stereocenters. The summed E-state index contributed by atoms with van der Waals surface area (Å²) in [4.78, 5) is 0. The van der Waals surface area contributed by atoms with E-state index in [1.165, 1.54) is 0 Å². The van der Waals surface area contributed by atoms with Gasteiger partial charge in [-0.2, -0.15) is 0 Å². The zero-order chi connectivity index (χ0) is 14.5. The summed E-state index contributed by atoms with van der Waals surface area (Å²) in [6, 6.07) is 5.97. The molecule has 19 heavy (non-hydrogen) atoms. The van der Waals surface area contributed by atoms with Gasteiger partial charge in [-0.05, 0) is 52.3 Å². The van der Waals surface area contributed by atoms with Gasteiger partial charge in [0.05, 0.1) is 13.2 Å². The maximum Gasteiger partial charge on any atom is 0.124 e. The second-order valence-corrected chi connectivity index (χ2v) is 5.91. The van der Waals surface area contributed by atoms with Crippen LogP contribution in [0.5, 0.6) is 11.5 Å². The van der Waals surface area contributed by atoms with Gasteiger partial charge in [0, 0.05) is 17.6 Å². The zero-order valence-corrected chi connectivity index (χ0v) is 13.0. The minimum Gasteiger partial charge on any atom is -0.497 e. The van der Waals surface area contributed by atoms with Crippen LogP contribution in [0.25, 0.3) is 0 Å². The van der Waals surface area contributed by atoms with Crippen LogP contribution in [0, 0.1) is 0 Å². The normalized spacial score (nSPS) is 13.2. The molecule has 3 nitrogen and oxygen atoms in total. The lowest BCUT2D eigenvalue weighted by atomic mass is 10.1. The number of nitrogens with one attached hydrogen (secondary N) is 1. The Kier molecular flexibility index (Phi) is 5.67. The lowest BCUT2D eigenvalue weighted by Crippen LogP contribution is -2.35. The van der Waals surface area contributed by atoms with Crippen molar-refractivity contribution in [2.45, 2.75) is 59.2 Å². The molecule has 0 aromatic heterocycles. The Morgan fingerprint density at radius 3 is 2.47 bits per heavy atom. The number of benzene rings is 1. The van der Waals surface area contributed by atoms with E-state index in [2.05, 4.69) is 39.9 Å². The highest BCUT2D eigenvalue weighted by atomic mass is 16.5. The monoisotopic (exact) mass is 265 g/mol. The van der Waals surface area contributed by atoms with Crippen LogP contribution in [0.1, 0.15) is 46.6 Å². The van der Waals surface area contributed by atoms with E-state index in [9.17, 15) is 0 Å². The van der Waals surface area contributed by atoms with E-state index in [0.29, 0.717) is 0 Å². The van der Waals surface area contributed by atoms with Gasteiger partial charge < -0.3 is 14.8 Å². The molecule has 0 amide bonds. The van der Waals surface area contributed by atoms with E-state index in [1.807, 2.05) is 18.2 Å². The molecule has 1 N–H and O–H groups in total. The molecule has 0 radical (unpaired) electrons. The van der Waals surface area contributed by atoms with Gasteiger partial charge in [0.2, 0.25) is 0 Å². The molecule has 0 heterocycles. The maximum absolute atomic E-state index is 5.96. The Morgan fingerprint density at radius 2 is 1.95 bits per heavy atom. The molecule has 0 bridgehead atoms. The highest BCUT2D eigenvalue weighted by Gasteiger charge is 2.13. The lowest BCUT2D eigenvalue weighted by Gasteiger charge is -2.23. The van der Waals surface area contributed by atoms with Crippen molar-refractivity contribution in [2.24, 2.45) is 0 Å². The summed E-state index contributed by atoms with van der Waals surface area (Å²) in [7, 11) is 1.69. The first-order valence-electron chi connectivity index (χ1n) is 6.94. The first-order chi connectivity index (χ1) is 8.85. The summed E-state index contributed by atoms with van der Waals surface area (Å²) in [5.74, 6) is 1.80. The van der Waals surface area contributed by atoms with Gasteiger partial charge in [0.25, 0.3) is 0 Å². The Morgan fingerprint density at radius 1 is 1.26 bits per heavy atom. The van der Waals surface area contributed by atoms with Gasteiger partial charge in [-0.3, -0.25) is 0 Å². The third-order valence-corrected chi connectivity index (χ3v) is 2.98. The van der Waals surface area contributed by atoms with E-state index < -0.39 is 0 Å². The fourth-order valence-electron chi connectivity index (χ4n) is 1.60. The highest BCUT2D eigenvalue weighted by Crippen LogP contribution is 2.26. The van der Waals surface area contributed by atoms with E-state index in [-0.39, 0.29) is 11.6 Å². The van der Waals surface area contributed by atoms with Gasteiger partial charge in [-0.15, -0.1) is 0 Å². The number of methoxy groups -OCH3 is 1. The number of hydrogen-bond acceptors (Lipinski definition) is 3. The van der Waals surface area contributed by atoms with E-state index in [1.54, 1.807) is 7.11 Å². The third kappa shape index (κ3) is 5.52. The molecule has 1 unspecified atom stereocenters. The standard InChI is InChI=1S/C16H27NO2/c1-7-12(2)19-15-9-8-14(18-6)10-13(15)11-17-16(3,4)5/h8-10,12,17H,7,11H2,1-6H3. The molecular formula is C16H27NO2. The van der Waals surface area contributed by atoms with Crippen LogP contribution in [0.4, 0.5) is 0 Å². The summed E-state index contributed by atoms with van der Waals surface area (Å²) in [6.07, 6.45) is 1.22. The average Bonchev–Trinajstić information content (AvgIpc) is 2.36. The predicted molar refractivity (Wildman–Crippen MR) is 80.0 cm³/mol. The Hall–Kier alpha value is -1.22. The largest absolute Gasteiger partial charge is 0.497 e. The molecule has 3 heteroatoms. The first kappa shape index (κ1) is 15.8. The molecular weight excluding hydrogens is 238 g/mol. The lowest BCUT2D eigenvalue weighted by molar-refractivity contribution is 0.214. The topological polar surface area (TPSA) is 30.5 Å². The van der Waals surface area contributed by atoms with E-state index >= 15 is 0 Å². The van der Waals surface area contributed by atoms with Crippen LogP contribution in [-0.2, 0) is 6.54 Å². The minimum atomic E-state index is 0.0801. The van der Waals surface area contributed by atoms with Gasteiger partial charge in [-0.25, -0.2) is 0 Å². The maximum atomic E-state index is 5.96. The summed E-state index contributed by atoms with van der Waals surface area (Å²) >= 11 is 0. The molecule has 0 saturated heterocycles. The molecule has 0 aliphatic carbocycles. The van der Waals surface area contributed by atoms with Crippen molar-refractivity contribution in [3.05, 3.63) is 23.8 Å². The number of rotatable bonds is 6. The van der Waals surface area contributed by atoms with Crippen LogP contribution in [0.15, 0.2) is 18.2 Å². The number of ether oxygens (including phenoxy) is 2. The van der Waals surface area contributed by atoms with Crippen molar-refractivity contribution >= 4 is 0 Å². The fraction of sp³-hybridized carbons (Fsp3) is 0.625. The molecule has 0 saturated carbocycles. The third-order valence-electron chi connectivity index (χ3n) is 2.98. The quantitative estimate of drug-likeness (QED) is 0.849. The molecule has 1 aromatic carbocycles. The molecule has 1 aromatic rings. The Bertz CT molecular complexity index is 396. The molecule has 0 spiro atoms. The number of hydrogen-bond donors (Lipinski definition) is 1. The van der Waals surface area contributed by atoms with Crippen LogP contribution in [-0.4, -0.2) is 18.8 Å². The van der Waals surface area contributed by atoms with Gasteiger partial charge >= 0.3 is 0 Å². The summed E-state index contributed by atoms with van der Waals surface area (Å²) in [5, 5.41) is 3.49. The van der Waals surface area contributed by atoms with Gasteiger partial charge in [0.15, 0.2) is 0 Å². The summed E-state index contributed by atoms with van der Waals surface area (Å²) in [6.45, 7) is 11.5. The summed E-state index contributed by atoms with van der Waals surface area (Å²) in [5.41, 5.74) is 1.21. The van der Waals surface area contributed by atoms with Gasteiger partial charge in [0.1, 0.15) is 11.5 Å². The molecule has 0 fully saturated rings. The Labute approximate surface area is 117 Å². The van der Waals surface area contributed by atoms with Crippen molar-refractivity contribution in [3.63, 3.8) is 0 Å². The van der Waals surface area contributed by atoms with Crippen molar-refractivity contribution in [1.82, 2.24) is 5.32 Å². The van der Waals surface area contributed by atoms with E-state index in [4.69, 9.17) is 9.47 Å². The minimum absolute atomic E-state index is 0.0801. The van der Waals surface area contributed by atoms with Crippen molar-refractivity contribution in [1.29, 1.82) is 0 Å². The SMILES string of the molecule is CCC(C)Oc1ccc(OC)cc1CNC(C)(C)C. The Balaban J connectivity index is 2.89. The molecule has 0 aliphatic rings. The highest BCUT2D eigenvalue weighted by molar-refractivity contribution is 5.40. The first-order valence-corrected chi connectivity index (χ1v) is 6.94. The fourth-order valence-corrected chi connectivity index (χ4v) is 1.60. The van der Waals surface area contributed by atoms with Crippen molar-refractivity contribution < 1.29 is 9.47 Å². The average molecular weight is 265 g/mol. The van der Waals surface area contributed by atoms with Crippen LogP contribution in [0.2, 0.25) is 0 Å². The zero-order valence-electron chi connectivity index (χ0n) is 13.0. The van der Waals surface area contributed by atoms with Crippen LogP contribution in [0.3, 0.4) is 0 Å². The van der Waals surface area contributed by atoms with Crippen molar-refractivity contribution in [2.75, 3.05) is 7.11 Å². The van der Waals surface area contributed by atoms with Crippen molar-refractivity contribution in [3.8, 4) is 11.5 Å². The smallest absolute Gasteiger partial charge is 0.124 e. The second kappa shape index (κ2) is 6.80.